The summed E-state index contributed by atoms with van der Waals surface area (Å²) in [6, 6.07) is 7.21. The van der Waals surface area contributed by atoms with Crippen LogP contribution in [0.2, 0.25) is 0 Å². The summed E-state index contributed by atoms with van der Waals surface area (Å²) in [6.45, 7) is 2.08. The van der Waals surface area contributed by atoms with Crippen molar-refractivity contribution in [2.45, 2.75) is 48.4 Å². The van der Waals surface area contributed by atoms with Gasteiger partial charge >= 0.3 is 0 Å². The Hall–Kier alpha value is -0.190. The summed E-state index contributed by atoms with van der Waals surface area (Å²) in [5, 5.41) is 3.91. The molecule has 1 heterocycles. The molecule has 1 fully saturated rings. The molecule has 3 unspecified atom stereocenters. The zero-order valence-electron chi connectivity index (χ0n) is 9.78. The summed E-state index contributed by atoms with van der Waals surface area (Å²) in [7, 11) is -0.873. The molecule has 0 amide bonds. The average molecular weight is 314 g/mol. The van der Waals surface area contributed by atoms with Gasteiger partial charge in [-0.3, -0.25) is 4.21 Å². The highest BCUT2D eigenvalue weighted by Crippen LogP contribution is 2.39. The molecule has 0 radical (unpaired) electrons. The fourth-order valence-electron chi connectivity index (χ4n) is 2.45. The molecule has 92 valence electrons. The highest BCUT2D eigenvalue weighted by atomic mass is 79.9. The largest absolute Gasteiger partial charge is 0.307 e. The molecule has 1 aromatic carbocycles. The number of benzene rings is 1. The molecule has 1 aliphatic heterocycles. The SMILES string of the molecule is CC1CC(NC2CC2)c2cccc(Br)c2S1=O. The lowest BCUT2D eigenvalue weighted by Crippen LogP contribution is -2.33. The van der Waals surface area contributed by atoms with Crippen LogP contribution in [0.3, 0.4) is 0 Å². The Morgan fingerprint density at radius 3 is 2.88 bits per heavy atom. The molecule has 0 aromatic heterocycles. The zero-order chi connectivity index (χ0) is 12.0. The summed E-state index contributed by atoms with van der Waals surface area (Å²) >= 11 is 3.54. The van der Waals surface area contributed by atoms with Gasteiger partial charge < -0.3 is 5.32 Å². The molecule has 2 aliphatic rings. The summed E-state index contributed by atoms with van der Waals surface area (Å²) in [5.74, 6) is 0. The van der Waals surface area contributed by atoms with E-state index in [-0.39, 0.29) is 5.25 Å². The first kappa shape index (κ1) is 11.9. The number of fused-ring (bicyclic) bond motifs is 1. The molecule has 3 atom stereocenters. The third-order valence-electron chi connectivity index (χ3n) is 3.52. The van der Waals surface area contributed by atoms with E-state index in [9.17, 15) is 4.21 Å². The molecule has 0 bridgehead atoms. The second-order valence-corrected chi connectivity index (χ2v) is 7.66. The van der Waals surface area contributed by atoms with Crippen molar-refractivity contribution in [3.63, 3.8) is 0 Å². The van der Waals surface area contributed by atoms with Crippen LogP contribution in [0, 0.1) is 0 Å². The Morgan fingerprint density at radius 1 is 1.41 bits per heavy atom. The van der Waals surface area contributed by atoms with Crippen molar-refractivity contribution in [3.05, 3.63) is 28.2 Å². The number of nitrogens with one attached hydrogen (secondary N) is 1. The van der Waals surface area contributed by atoms with Gasteiger partial charge in [0, 0.05) is 21.8 Å². The predicted octanol–water partition coefficient (Wildman–Crippen LogP) is 3.14. The normalized spacial score (nSPS) is 32.2. The van der Waals surface area contributed by atoms with Gasteiger partial charge in [-0.2, -0.15) is 0 Å². The maximum absolute atomic E-state index is 12.3. The van der Waals surface area contributed by atoms with Crippen molar-refractivity contribution < 1.29 is 4.21 Å². The van der Waals surface area contributed by atoms with E-state index in [4.69, 9.17) is 0 Å². The molecule has 3 rings (SSSR count). The van der Waals surface area contributed by atoms with Gasteiger partial charge in [-0.15, -0.1) is 0 Å². The summed E-state index contributed by atoms with van der Waals surface area (Å²) in [6.07, 6.45) is 3.56. The number of rotatable bonds is 2. The van der Waals surface area contributed by atoms with Crippen LogP contribution in [-0.2, 0) is 10.8 Å². The van der Waals surface area contributed by atoms with Crippen molar-refractivity contribution in [2.75, 3.05) is 0 Å². The van der Waals surface area contributed by atoms with Crippen LogP contribution >= 0.6 is 15.9 Å². The van der Waals surface area contributed by atoms with Crippen LogP contribution < -0.4 is 5.32 Å². The quantitative estimate of drug-likeness (QED) is 0.908. The molecule has 1 aliphatic carbocycles. The third-order valence-corrected chi connectivity index (χ3v) is 6.23. The highest BCUT2D eigenvalue weighted by molar-refractivity contribution is 9.10. The van der Waals surface area contributed by atoms with E-state index in [1.807, 2.05) is 12.1 Å². The standard InChI is InChI=1S/C13H16BrNOS/c1-8-7-12(15-9-5-6-9)10-3-2-4-11(14)13(10)17(8)16/h2-4,8-9,12,15H,5-7H2,1H3. The van der Waals surface area contributed by atoms with Gasteiger partial charge in [-0.25, -0.2) is 0 Å². The van der Waals surface area contributed by atoms with Crippen LogP contribution in [0.5, 0.6) is 0 Å². The Balaban J connectivity index is 2.01. The topological polar surface area (TPSA) is 29.1 Å². The smallest absolute Gasteiger partial charge is 0.0580 e. The van der Waals surface area contributed by atoms with E-state index in [0.717, 1.165) is 15.8 Å². The molecule has 1 aromatic rings. The van der Waals surface area contributed by atoms with E-state index in [1.54, 1.807) is 0 Å². The van der Waals surface area contributed by atoms with Gasteiger partial charge in [-0.1, -0.05) is 19.1 Å². The molecule has 1 N–H and O–H groups in total. The van der Waals surface area contributed by atoms with Gasteiger partial charge in [0.25, 0.3) is 0 Å². The van der Waals surface area contributed by atoms with Gasteiger partial charge in [0.2, 0.25) is 0 Å². The van der Waals surface area contributed by atoms with Crippen molar-refractivity contribution in [1.29, 1.82) is 0 Å². The van der Waals surface area contributed by atoms with Crippen LogP contribution in [0.15, 0.2) is 27.6 Å². The van der Waals surface area contributed by atoms with E-state index < -0.39 is 10.8 Å². The molecule has 4 heteroatoms. The Morgan fingerprint density at radius 2 is 2.18 bits per heavy atom. The molecule has 0 spiro atoms. The van der Waals surface area contributed by atoms with Gasteiger partial charge in [0.15, 0.2) is 0 Å². The van der Waals surface area contributed by atoms with Crippen LogP contribution in [0.1, 0.15) is 37.8 Å². The lowest BCUT2D eigenvalue weighted by molar-refractivity contribution is 0.474. The van der Waals surface area contributed by atoms with E-state index in [1.165, 1.54) is 18.4 Å². The van der Waals surface area contributed by atoms with E-state index >= 15 is 0 Å². The van der Waals surface area contributed by atoms with Crippen molar-refractivity contribution >= 4 is 26.7 Å². The highest BCUT2D eigenvalue weighted by Gasteiger charge is 2.34. The summed E-state index contributed by atoms with van der Waals surface area (Å²) in [4.78, 5) is 1.00. The summed E-state index contributed by atoms with van der Waals surface area (Å²) < 4.78 is 13.3. The Kier molecular flexibility index (Phi) is 3.13. The van der Waals surface area contributed by atoms with Gasteiger partial charge in [-0.05, 0) is 46.8 Å². The van der Waals surface area contributed by atoms with Gasteiger partial charge in [0.1, 0.15) is 0 Å². The molecular formula is C13H16BrNOS. The van der Waals surface area contributed by atoms with E-state index in [2.05, 4.69) is 34.2 Å². The molecule has 17 heavy (non-hydrogen) atoms. The van der Waals surface area contributed by atoms with Crippen LogP contribution in [0.4, 0.5) is 0 Å². The Labute approximate surface area is 113 Å². The molecule has 2 nitrogen and oxygen atoms in total. The first-order valence-electron chi connectivity index (χ1n) is 6.12. The second-order valence-electron chi connectivity index (χ2n) is 5.00. The minimum absolute atomic E-state index is 0.234. The lowest BCUT2D eigenvalue weighted by Gasteiger charge is -2.30. The van der Waals surface area contributed by atoms with E-state index in [0.29, 0.717) is 12.1 Å². The predicted molar refractivity (Wildman–Crippen MR) is 73.5 cm³/mol. The van der Waals surface area contributed by atoms with Crippen molar-refractivity contribution in [3.8, 4) is 0 Å². The van der Waals surface area contributed by atoms with Crippen LogP contribution in [-0.4, -0.2) is 15.5 Å². The maximum atomic E-state index is 12.3. The van der Waals surface area contributed by atoms with Gasteiger partial charge in [0.05, 0.1) is 15.7 Å². The Bertz CT molecular complexity index is 472. The molecule has 0 saturated heterocycles. The first-order chi connectivity index (χ1) is 8.16. The fourth-order valence-corrected chi connectivity index (χ4v) is 4.78. The average Bonchev–Trinajstić information content (AvgIpc) is 3.09. The number of hydrogen-bond donors (Lipinski definition) is 1. The minimum Gasteiger partial charge on any atom is -0.307 e. The number of halogens is 1. The fraction of sp³-hybridized carbons (Fsp3) is 0.538. The first-order valence-corrected chi connectivity index (χ1v) is 8.12. The summed E-state index contributed by atoms with van der Waals surface area (Å²) in [5.41, 5.74) is 1.22. The minimum atomic E-state index is -0.873. The maximum Gasteiger partial charge on any atom is 0.0580 e. The number of hydrogen-bond acceptors (Lipinski definition) is 2. The molecular weight excluding hydrogens is 298 g/mol. The van der Waals surface area contributed by atoms with Crippen molar-refractivity contribution in [1.82, 2.24) is 5.32 Å². The monoisotopic (exact) mass is 313 g/mol. The molecule has 1 saturated carbocycles. The van der Waals surface area contributed by atoms with Crippen molar-refractivity contribution in [2.24, 2.45) is 0 Å². The van der Waals surface area contributed by atoms with Crippen LogP contribution in [0.25, 0.3) is 0 Å². The second kappa shape index (κ2) is 4.48. The third kappa shape index (κ3) is 2.23. The zero-order valence-corrected chi connectivity index (χ0v) is 12.2. The lowest BCUT2D eigenvalue weighted by atomic mass is 10.0.